The highest BCUT2D eigenvalue weighted by molar-refractivity contribution is 8.05. The maximum absolute atomic E-state index is 12.8. The number of piperazine rings is 1. The van der Waals surface area contributed by atoms with E-state index in [-0.39, 0.29) is 23.2 Å². The number of rotatable bonds is 3. The standard InChI is InChI=1S/C23H23N3O4S/c1-2-30-23(29)26-13-11-25(12-14-26)22(28)17-9-7-16(8-10-17)15-20-21(27)24-18-5-3-4-6-19(18)31-20/h3-10,15,19H,2,11-14H2,1H3/b20-15+. The van der Waals surface area contributed by atoms with Crippen LogP contribution in [0.2, 0.25) is 0 Å². The van der Waals surface area contributed by atoms with E-state index in [1.165, 1.54) is 11.8 Å². The molecule has 0 radical (unpaired) electrons. The molecule has 4 rings (SSSR count). The average molecular weight is 438 g/mol. The lowest BCUT2D eigenvalue weighted by molar-refractivity contribution is -0.113. The Morgan fingerprint density at radius 1 is 1.13 bits per heavy atom. The number of ether oxygens (including phenoxy) is 1. The van der Waals surface area contributed by atoms with Gasteiger partial charge in [0.2, 0.25) is 0 Å². The van der Waals surface area contributed by atoms with Crippen LogP contribution in [-0.2, 0) is 9.53 Å². The summed E-state index contributed by atoms with van der Waals surface area (Å²) < 4.78 is 5.01. The van der Waals surface area contributed by atoms with Gasteiger partial charge in [0.05, 0.1) is 22.5 Å². The Hall–Kier alpha value is -3.13. The maximum atomic E-state index is 12.8. The van der Waals surface area contributed by atoms with Crippen molar-refractivity contribution in [2.75, 3.05) is 32.8 Å². The van der Waals surface area contributed by atoms with Crippen LogP contribution in [0.1, 0.15) is 22.8 Å². The molecule has 1 atom stereocenters. The van der Waals surface area contributed by atoms with Crippen LogP contribution in [0.15, 0.2) is 58.5 Å². The molecule has 2 heterocycles. The van der Waals surface area contributed by atoms with Crippen molar-refractivity contribution in [3.8, 4) is 0 Å². The fourth-order valence-electron chi connectivity index (χ4n) is 3.53. The molecule has 0 N–H and O–H groups in total. The first-order chi connectivity index (χ1) is 15.0. The van der Waals surface area contributed by atoms with Crippen LogP contribution in [0.5, 0.6) is 0 Å². The first kappa shape index (κ1) is 21.1. The zero-order valence-electron chi connectivity index (χ0n) is 17.2. The molecule has 1 aromatic carbocycles. The fraction of sp³-hybridized carbons (Fsp3) is 0.304. The van der Waals surface area contributed by atoms with Gasteiger partial charge in [-0.1, -0.05) is 30.4 Å². The van der Waals surface area contributed by atoms with Crippen molar-refractivity contribution in [1.29, 1.82) is 0 Å². The minimum absolute atomic E-state index is 0.0584. The van der Waals surface area contributed by atoms with E-state index in [4.69, 9.17) is 4.74 Å². The lowest BCUT2D eigenvalue weighted by Gasteiger charge is -2.34. The lowest BCUT2D eigenvalue weighted by atomic mass is 10.1. The predicted molar refractivity (Wildman–Crippen MR) is 121 cm³/mol. The molecule has 0 aromatic heterocycles. The van der Waals surface area contributed by atoms with Gasteiger partial charge in [-0.15, -0.1) is 11.8 Å². The number of hydrogen-bond acceptors (Lipinski definition) is 5. The van der Waals surface area contributed by atoms with Crippen molar-refractivity contribution in [2.24, 2.45) is 4.99 Å². The molecule has 1 saturated heterocycles. The van der Waals surface area contributed by atoms with Crippen LogP contribution in [0.25, 0.3) is 6.08 Å². The second kappa shape index (κ2) is 9.34. The number of nitrogens with zero attached hydrogens (tertiary/aromatic N) is 3. The number of amides is 3. The normalized spacial score (nSPS) is 21.7. The van der Waals surface area contributed by atoms with E-state index in [1.807, 2.05) is 42.5 Å². The van der Waals surface area contributed by atoms with E-state index >= 15 is 0 Å². The van der Waals surface area contributed by atoms with Gasteiger partial charge in [0, 0.05) is 31.7 Å². The molecule has 0 spiro atoms. The lowest BCUT2D eigenvalue weighted by Crippen LogP contribution is -2.50. The van der Waals surface area contributed by atoms with Crippen LogP contribution < -0.4 is 0 Å². The van der Waals surface area contributed by atoms with Gasteiger partial charge in [0.15, 0.2) is 0 Å². The summed E-state index contributed by atoms with van der Waals surface area (Å²) in [6, 6.07) is 7.20. The number of carbonyl (C=O) groups is 3. The predicted octanol–water partition coefficient (Wildman–Crippen LogP) is 3.15. The van der Waals surface area contributed by atoms with E-state index < -0.39 is 0 Å². The van der Waals surface area contributed by atoms with Crippen molar-refractivity contribution in [1.82, 2.24) is 9.80 Å². The van der Waals surface area contributed by atoms with Gasteiger partial charge >= 0.3 is 6.09 Å². The van der Waals surface area contributed by atoms with Crippen molar-refractivity contribution < 1.29 is 19.1 Å². The molecule has 1 aliphatic carbocycles. The third kappa shape index (κ3) is 4.80. The summed E-state index contributed by atoms with van der Waals surface area (Å²) in [5, 5.41) is 0.0584. The van der Waals surface area contributed by atoms with Crippen LogP contribution in [0.3, 0.4) is 0 Å². The second-order valence-electron chi connectivity index (χ2n) is 7.23. The summed E-state index contributed by atoms with van der Waals surface area (Å²) in [6.45, 7) is 3.97. The molecule has 3 amide bonds. The number of aliphatic imine (C=N–C) groups is 1. The van der Waals surface area contributed by atoms with Gasteiger partial charge in [-0.3, -0.25) is 9.59 Å². The largest absolute Gasteiger partial charge is 0.450 e. The summed E-state index contributed by atoms with van der Waals surface area (Å²) in [6.07, 6.45) is 9.19. The molecule has 1 aromatic rings. The summed E-state index contributed by atoms with van der Waals surface area (Å²) in [4.78, 5) is 45.0. The SMILES string of the molecule is CCOC(=O)N1CCN(C(=O)c2ccc(/C=C3/SC4C=CC=CC4=NC3=O)cc2)CC1. The smallest absolute Gasteiger partial charge is 0.409 e. The van der Waals surface area contributed by atoms with Gasteiger partial charge < -0.3 is 14.5 Å². The molecule has 0 bridgehead atoms. The molecular weight excluding hydrogens is 414 g/mol. The Morgan fingerprint density at radius 2 is 1.84 bits per heavy atom. The van der Waals surface area contributed by atoms with E-state index in [0.29, 0.717) is 43.3 Å². The van der Waals surface area contributed by atoms with E-state index in [2.05, 4.69) is 4.99 Å². The number of hydrogen-bond donors (Lipinski definition) is 0. The van der Waals surface area contributed by atoms with Crippen LogP contribution >= 0.6 is 11.8 Å². The van der Waals surface area contributed by atoms with Gasteiger partial charge in [-0.05, 0) is 36.8 Å². The quantitative estimate of drug-likeness (QED) is 0.679. The minimum Gasteiger partial charge on any atom is -0.450 e. The zero-order chi connectivity index (χ0) is 21.8. The Kier molecular flexibility index (Phi) is 6.36. The third-order valence-electron chi connectivity index (χ3n) is 5.20. The highest BCUT2D eigenvalue weighted by atomic mass is 32.2. The number of carbonyl (C=O) groups excluding carboxylic acids is 3. The molecule has 3 aliphatic rings. The maximum Gasteiger partial charge on any atom is 0.409 e. The Labute approximate surface area is 185 Å². The van der Waals surface area contributed by atoms with Crippen molar-refractivity contribution in [2.45, 2.75) is 12.2 Å². The Bertz CT molecular complexity index is 1000. The molecule has 1 fully saturated rings. The molecule has 31 heavy (non-hydrogen) atoms. The van der Waals surface area contributed by atoms with Gasteiger partial charge in [-0.2, -0.15) is 0 Å². The van der Waals surface area contributed by atoms with Gasteiger partial charge in [0.25, 0.3) is 11.8 Å². The number of fused-ring (bicyclic) bond motifs is 1. The highest BCUT2D eigenvalue weighted by Crippen LogP contribution is 2.32. The number of thioether (sulfide) groups is 1. The van der Waals surface area contributed by atoms with Crippen molar-refractivity contribution >= 4 is 41.5 Å². The minimum atomic E-state index is -0.335. The fourth-order valence-corrected chi connectivity index (χ4v) is 4.58. The van der Waals surface area contributed by atoms with Gasteiger partial charge in [-0.25, -0.2) is 9.79 Å². The first-order valence-electron chi connectivity index (χ1n) is 10.2. The topological polar surface area (TPSA) is 79.3 Å². The number of allylic oxidation sites excluding steroid dienone is 3. The Morgan fingerprint density at radius 3 is 2.55 bits per heavy atom. The summed E-state index contributed by atoms with van der Waals surface area (Å²) in [5.41, 5.74) is 2.20. The van der Waals surface area contributed by atoms with Crippen molar-refractivity contribution in [3.63, 3.8) is 0 Å². The monoisotopic (exact) mass is 437 g/mol. The molecule has 7 nitrogen and oxygen atoms in total. The summed E-state index contributed by atoms with van der Waals surface area (Å²) in [7, 11) is 0. The summed E-state index contributed by atoms with van der Waals surface area (Å²) >= 11 is 1.48. The van der Waals surface area contributed by atoms with Gasteiger partial charge in [0.1, 0.15) is 0 Å². The van der Waals surface area contributed by atoms with Crippen LogP contribution in [0.4, 0.5) is 4.79 Å². The van der Waals surface area contributed by atoms with E-state index in [1.54, 1.807) is 28.9 Å². The summed E-state index contributed by atoms with van der Waals surface area (Å²) in [5.74, 6) is -0.310. The van der Waals surface area contributed by atoms with Crippen LogP contribution in [0, 0.1) is 0 Å². The van der Waals surface area contributed by atoms with E-state index in [0.717, 1.165) is 11.3 Å². The highest BCUT2D eigenvalue weighted by Gasteiger charge is 2.27. The molecule has 0 saturated carbocycles. The second-order valence-corrected chi connectivity index (χ2v) is 8.42. The molecule has 2 aliphatic heterocycles. The third-order valence-corrected chi connectivity index (χ3v) is 6.40. The first-order valence-corrected chi connectivity index (χ1v) is 11.1. The van der Waals surface area contributed by atoms with Crippen molar-refractivity contribution in [3.05, 3.63) is 64.6 Å². The molecule has 160 valence electrons. The van der Waals surface area contributed by atoms with E-state index in [9.17, 15) is 14.4 Å². The number of benzene rings is 1. The average Bonchev–Trinajstić information content (AvgIpc) is 2.80. The zero-order valence-corrected chi connectivity index (χ0v) is 18.0. The molecular formula is C23H23N3O4S. The Balaban J connectivity index is 1.39. The molecule has 8 heteroatoms. The van der Waals surface area contributed by atoms with Crippen LogP contribution in [-0.4, -0.2) is 71.5 Å². The molecule has 1 unspecified atom stereocenters.